The molecule has 0 unspecified atom stereocenters. The maximum Gasteiger partial charge on any atom is 0.248 e. The number of hydrogen-bond donors (Lipinski definition) is 2. The number of nitrogens with one attached hydrogen (secondary N) is 1. The lowest BCUT2D eigenvalue weighted by Gasteiger charge is -2.32. The van der Waals surface area contributed by atoms with Gasteiger partial charge < -0.3 is 20.1 Å². The summed E-state index contributed by atoms with van der Waals surface area (Å²) in [6.07, 6.45) is 1.64. The molecule has 2 aliphatic rings. The molecule has 1 aromatic heterocycles. The van der Waals surface area contributed by atoms with Crippen molar-refractivity contribution in [3.8, 4) is 11.9 Å². The van der Waals surface area contributed by atoms with Crippen LogP contribution in [0.3, 0.4) is 0 Å². The summed E-state index contributed by atoms with van der Waals surface area (Å²) in [4.78, 5) is 15.3. The van der Waals surface area contributed by atoms with Crippen molar-refractivity contribution in [2.24, 2.45) is 5.73 Å². The second kappa shape index (κ2) is 6.00. The minimum absolute atomic E-state index is 0.0396. The number of fused-ring (bicyclic) bond motifs is 4. The molecule has 3 N–H and O–H groups in total. The summed E-state index contributed by atoms with van der Waals surface area (Å²) < 4.78 is 10.8. The van der Waals surface area contributed by atoms with Crippen molar-refractivity contribution in [2.75, 3.05) is 18.6 Å². The Morgan fingerprint density at radius 1 is 1.52 bits per heavy atom. The number of carbonyl (C=O) groups is 1. The average Bonchev–Trinajstić information content (AvgIpc) is 3.16. The van der Waals surface area contributed by atoms with E-state index < -0.39 is 5.41 Å². The molecule has 1 atom stereocenters. The largest absolute Gasteiger partial charge is 0.420 e. The molecule has 8 heteroatoms. The van der Waals surface area contributed by atoms with Gasteiger partial charge in [0.05, 0.1) is 17.9 Å². The quantitative estimate of drug-likeness (QED) is 0.794. The summed E-state index contributed by atoms with van der Waals surface area (Å²) in [5, 5.41) is 16.9. The van der Waals surface area contributed by atoms with Crippen LogP contribution in [0.15, 0.2) is 48.4 Å². The summed E-state index contributed by atoms with van der Waals surface area (Å²) >= 11 is 0. The average molecular weight is 363 g/mol. The van der Waals surface area contributed by atoms with Crippen LogP contribution in [-0.4, -0.2) is 29.8 Å². The van der Waals surface area contributed by atoms with Crippen LogP contribution in [0.5, 0.6) is 5.88 Å². The normalized spacial score (nSPS) is 20.3. The third-order valence-corrected chi connectivity index (χ3v) is 4.89. The number of aromatic nitrogens is 2. The summed E-state index contributed by atoms with van der Waals surface area (Å²) in [6.45, 7) is 4.21. The lowest BCUT2D eigenvalue weighted by Crippen LogP contribution is -2.46. The fraction of sp³-hybridized carbons (Fsp3) is 0.211. The zero-order valence-electron chi connectivity index (χ0n) is 14.7. The van der Waals surface area contributed by atoms with Gasteiger partial charge in [-0.1, -0.05) is 24.3 Å². The first kappa shape index (κ1) is 16.9. The number of nitriles is 1. The Balaban J connectivity index is 2.12. The highest BCUT2D eigenvalue weighted by molar-refractivity contribution is 6.14. The number of para-hydroxylation sites is 1. The third kappa shape index (κ3) is 2.00. The molecule has 27 heavy (non-hydrogen) atoms. The van der Waals surface area contributed by atoms with E-state index in [2.05, 4.69) is 22.8 Å². The molecule has 8 nitrogen and oxygen atoms in total. The van der Waals surface area contributed by atoms with Crippen LogP contribution in [0.25, 0.3) is 0 Å². The van der Waals surface area contributed by atoms with Crippen molar-refractivity contribution in [3.63, 3.8) is 0 Å². The molecule has 1 aromatic carbocycles. The molecular formula is C19H17N5O3. The Bertz CT molecular complexity index is 1030. The van der Waals surface area contributed by atoms with Crippen LogP contribution in [0.1, 0.15) is 16.8 Å². The second-order valence-corrected chi connectivity index (χ2v) is 6.24. The number of rotatable bonds is 4. The molecule has 1 amide bonds. The lowest BCUT2D eigenvalue weighted by atomic mass is 9.69. The van der Waals surface area contributed by atoms with Crippen molar-refractivity contribution in [1.29, 1.82) is 5.26 Å². The highest BCUT2D eigenvalue weighted by atomic mass is 16.5. The molecule has 136 valence electrons. The molecule has 0 radical (unpaired) electrons. The van der Waals surface area contributed by atoms with Gasteiger partial charge in [0.2, 0.25) is 17.7 Å². The number of aromatic amines is 1. The molecular weight excluding hydrogens is 346 g/mol. The SMILES string of the molecule is C=CCN1C(=O)[C@@]2(C(C#N)=C(N)Oc3n[nH]c(COC)c32)c2ccccc21. The van der Waals surface area contributed by atoms with E-state index in [1.54, 1.807) is 11.0 Å². The number of nitrogens with two attached hydrogens (primary N) is 1. The molecule has 0 bridgehead atoms. The summed E-state index contributed by atoms with van der Waals surface area (Å²) in [5.41, 5.74) is 7.00. The van der Waals surface area contributed by atoms with E-state index >= 15 is 0 Å². The third-order valence-electron chi connectivity index (χ3n) is 4.89. The van der Waals surface area contributed by atoms with Crippen molar-refractivity contribution >= 4 is 11.6 Å². The minimum atomic E-state index is -1.44. The molecule has 0 saturated heterocycles. The van der Waals surface area contributed by atoms with Gasteiger partial charge in [-0.3, -0.25) is 9.89 Å². The standard InChI is InChI=1S/C19H17N5O3/c1-3-8-24-14-7-5-4-6-11(14)19(18(24)25)12(9-20)16(21)27-17-15(19)13(10-26-2)22-23-17/h3-7H,1,8,10,21H2,2H3,(H,22,23)/t19-/m1/s1. The van der Waals surface area contributed by atoms with Crippen molar-refractivity contribution in [2.45, 2.75) is 12.0 Å². The highest BCUT2D eigenvalue weighted by Crippen LogP contribution is 2.55. The molecule has 2 aromatic rings. The number of H-pyrrole nitrogens is 1. The number of ether oxygens (including phenoxy) is 2. The first-order valence-electron chi connectivity index (χ1n) is 8.28. The summed E-state index contributed by atoms with van der Waals surface area (Å²) in [5.74, 6) is -0.266. The first-order valence-corrected chi connectivity index (χ1v) is 8.28. The molecule has 0 fully saturated rings. The maximum atomic E-state index is 13.8. The zero-order valence-corrected chi connectivity index (χ0v) is 14.7. The number of nitrogens with zero attached hydrogens (tertiary/aromatic N) is 3. The van der Waals surface area contributed by atoms with E-state index in [9.17, 15) is 10.1 Å². The van der Waals surface area contributed by atoms with Crippen molar-refractivity contribution in [3.05, 3.63) is 65.2 Å². The number of anilines is 1. The monoisotopic (exact) mass is 363 g/mol. The van der Waals surface area contributed by atoms with Gasteiger partial charge in [-0.2, -0.15) is 5.26 Å². The fourth-order valence-electron chi connectivity index (χ4n) is 3.92. The van der Waals surface area contributed by atoms with Crippen LogP contribution in [0.2, 0.25) is 0 Å². The minimum Gasteiger partial charge on any atom is -0.420 e. The number of hydrogen-bond acceptors (Lipinski definition) is 6. The van der Waals surface area contributed by atoms with Crippen LogP contribution in [0, 0.1) is 11.3 Å². The van der Waals surface area contributed by atoms with Gasteiger partial charge in [0.15, 0.2) is 0 Å². The van der Waals surface area contributed by atoms with E-state index in [0.29, 0.717) is 29.1 Å². The van der Waals surface area contributed by atoms with Gasteiger partial charge in [0, 0.05) is 24.9 Å². The maximum absolute atomic E-state index is 13.8. The van der Waals surface area contributed by atoms with E-state index in [0.717, 1.165) is 0 Å². The Kier molecular flexibility index (Phi) is 3.75. The Hall–Kier alpha value is -3.57. The molecule has 1 spiro atoms. The van der Waals surface area contributed by atoms with Crippen LogP contribution >= 0.6 is 0 Å². The van der Waals surface area contributed by atoms with Gasteiger partial charge in [0.1, 0.15) is 17.1 Å². The second-order valence-electron chi connectivity index (χ2n) is 6.24. The zero-order chi connectivity index (χ0) is 19.2. The van der Waals surface area contributed by atoms with E-state index in [1.807, 2.05) is 24.3 Å². The molecule has 4 rings (SSSR count). The van der Waals surface area contributed by atoms with E-state index in [-0.39, 0.29) is 29.9 Å². The number of methoxy groups -OCH3 is 1. The Morgan fingerprint density at radius 3 is 3.00 bits per heavy atom. The van der Waals surface area contributed by atoms with Crippen LogP contribution < -0.4 is 15.4 Å². The van der Waals surface area contributed by atoms with E-state index in [1.165, 1.54) is 7.11 Å². The topological polar surface area (TPSA) is 117 Å². The van der Waals surface area contributed by atoms with Crippen molar-refractivity contribution < 1.29 is 14.3 Å². The number of carbonyl (C=O) groups excluding carboxylic acids is 1. The van der Waals surface area contributed by atoms with Gasteiger partial charge >= 0.3 is 0 Å². The predicted molar refractivity (Wildman–Crippen MR) is 96.5 cm³/mol. The summed E-state index contributed by atoms with van der Waals surface area (Å²) in [7, 11) is 1.54. The Labute approximate surface area is 155 Å². The summed E-state index contributed by atoms with van der Waals surface area (Å²) in [6, 6.07) is 9.41. The smallest absolute Gasteiger partial charge is 0.248 e. The van der Waals surface area contributed by atoms with Gasteiger partial charge in [-0.15, -0.1) is 11.7 Å². The molecule has 0 aliphatic carbocycles. The van der Waals surface area contributed by atoms with Gasteiger partial charge in [0.25, 0.3) is 0 Å². The first-order chi connectivity index (χ1) is 13.1. The lowest BCUT2D eigenvalue weighted by molar-refractivity contribution is -0.120. The van der Waals surface area contributed by atoms with Crippen LogP contribution in [0.4, 0.5) is 5.69 Å². The Morgan fingerprint density at radius 2 is 2.30 bits per heavy atom. The predicted octanol–water partition coefficient (Wildman–Crippen LogP) is 1.46. The fourth-order valence-corrected chi connectivity index (χ4v) is 3.92. The van der Waals surface area contributed by atoms with Crippen molar-refractivity contribution in [1.82, 2.24) is 10.2 Å². The van der Waals surface area contributed by atoms with Gasteiger partial charge in [-0.05, 0) is 6.07 Å². The van der Waals surface area contributed by atoms with Gasteiger partial charge in [-0.25, -0.2) is 0 Å². The molecule has 2 aliphatic heterocycles. The number of amides is 1. The molecule has 3 heterocycles. The molecule has 0 saturated carbocycles. The van der Waals surface area contributed by atoms with Crippen LogP contribution in [-0.2, 0) is 21.6 Å². The van der Waals surface area contributed by atoms with E-state index in [4.69, 9.17) is 15.2 Å². The number of benzene rings is 1. The highest BCUT2D eigenvalue weighted by Gasteiger charge is 2.60.